The SMILES string of the molecule is CC(=NNc1nc2[nH]c(=O)c(C#N)c(-c3cccs3)c2s1)c1ccc(N2C(=O)c3ccccc3C2=O)cc1. The van der Waals surface area contributed by atoms with Gasteiger partial charge in [0.25, 0.3) is 17.4 Å². The van der Waals surface area contributed by atoms with Gasteiger partial charge in [-0.25, -0.2) is 9.88 Å². The Morgan fingerprint density at radius 2 is 1.74 bits per heavy atom. The number of hydrogen-bond donors (Lipinski definition) is 2. The third-order valence-electron chi connectivity index (χ3n) is 6.10. The number of thiazole rings is 1. The number of thiophene rings is 1. The lowest BCUT2D eigenvalue weighted by atomic mass is 10.1. The van der Waals surface area contributed by atoms with E-state index in [1.807, 2.05) is 30.5 Å². The van der Waals surface area contributed by atoms with E-state index in [2.05, 4.69) is 20.5 Å². The van der Waals surface area contributed by atoms with Crippen LogP contribution in [0.2, 0.25) is 0 Å². The molecule has 184 valence electrons. The lowest BCUT2D eigenvalue weighted by Crippen LogP contribution is -2.29. The molecule has 0 spiro atoms. The molecule has 9 nitrogen and oxygen atoms in total. The number of rotatable bonds is 5. The number of imide groups is 1. The highest BCUT2D eigenvalue weighted by Gasteiger charge is 2.36. The van der Waals surface area contributed by atoms with Crippen molar-refractivity contribution in [1.29, 1.82) is 5.26 Å². The Labute approximate surface area is 223 Å². The Balaban J connectivity index is 1.26. The Morgan fingerprint density at radius 3 is 2.37 bits per heavy atom. The number of hydrazone groups is 1. The van der Waals surface area contributed by atoms with Crippen LogP contribution < -0.4 is 15.9 Å². The molecule has 5 aromatic rings. The minimum Gasteiger partial charge on any atom is -0.305 e. The van der Waals surface area contributed by atoms with Gasteiger partial charge in [0.1, 0.15) is 11.6 Å². The van der Waals surface area contributed by atoms with Gasteiger partial charge in [-0.3, -0.25) is 19.8 Å². The van der Waals surface area contributed by atoms with E-state index in [0.29, 0.717) is 43.6 Å². The van der Waals surface area contributed by atoms with Crippen molar-refractivity contribution >= 4 is 61.4 Å². The number of nitrogens with zero attached hydrogens (tertiary/aromatic N) is 4. The first-order valence-electron chi connectivity index (χ1n) is 11.4. The zero-order chi connectivity index (χ0) is 26.4. The van der Waals surface area contributed by atoms with Gasteiger partial charge >= 0.3 is 0 Å². The van der Waals surface area contributed by atoms with E-state index in [9.17, 15) is 19.6 Å². The number of anilines is 2. The van der Waals surface area contributed by atoms with Crippen LogP contribution in [0.15, 0.2) is 75.9 Å². The smallest absolute Gasteiger partial charge is 0.268 e. The van der Waals surface area contributed by atoms with Crippen molar-refractivity contribution in [1.82, 2.24) is 9.97 Å². The fourth-order valence-electron chi connectivity index (χ4n) is 4.25. The number of nitriles is 1. The Hall–Kier alpha value is -4.92. The van der Waals surface area contributed by atoms with Gasteiger partial charge in [0.2, 0.25) is 5.13 Å². The van der Waals surface area contributed by atoms with Crippen molar-refractivity contribution in [3.05, 3.63) is 98.7 Å². The largest absolute Gasteiger partial charge is 0.305 e. The quantitative estimate of drug-likeness (QED) is 0.180. The summed E-state index contributed by atoms with van der Waals surface area (Å²) >= 11 is 2.73. The first-order chi connectivity index (χ1) is 18.5. The molecule has 2 amide bonds. The predicted molar refractivity (Wildman–Crippen MR) is 148 cm³/mol. The number of aromatic amines is 1. The Kier molecular flexibility index (Phi) is 5.68. The standard InChI is InChI=1S/C27H16N6O3S2/c1-14(15-8-10-16(11-9-15)33-25(35)17-5-2-3-6-18(17)26(33)36)31-32-27-30-23-22(38-27)21(20-7-4-12-37-20)19(13-28)24(34)29-23/h2-12H,1H3,(H2,29,30,32,34). The van der Waals surface area contributed by atoms with E-state index in [0.717, 1.165) is 10.4 Å². The van der Waals surface area contributed by atoms with Crippen molar-refractivity contribution in [3.8, 4) is 16.5 Å². The van der Waals surface area contributed by atoms with Gasteiger partial charge in [0.05, 0.1) is 27.2 Å². The third-order valence-corrected chi connectivity index (χ3v) is 7.96. The molecule has 0 fully saturated rings. The van der Waals surface area contributed by atoms with Gasteiger partial charge in [-0.05, 0) is 48.2 Å². The van der Waals surface area contributed by atoms with Crippen LogP contribution in [0.1, 0.15) is 38.8 Å². The molecule has 1 aliphatic rings. The van der Waals surface area contributed by atoms with E-state index in [-0.39, 0.29) is 17.4 Å². The fourth-order valence-corrected chi connectivity index (χ4v) is 6.03. The molecule has 0 bridgehead atoms. The van der Waals surface area contributed by atoms with Crippen LogP contribution in [0, 0.1) is 11.3 Å². The van der Waals surface area contributed by atoms with E-state index in [1.165, 1.54) is 27.6 Å². The number of benzene rings is 2. The molecule has 0 unspecified atom stereocenters. The van der Waals surface area contributed by atoms with Gasteiger partial charge in [-0.2, -0.15) is 10.4 Å². The maximum absolute atomic E-state index is 12.7. The molecule has 0 aliphatic carbocycles. The Morgan fingerprint density at radius 1 is 1.03 bits per heavy atom. The minimum absolute atomic E-state index is 0.0491. The molecule has 3 aromatic heterocycles. The molecule has 11 heteroatoms. The Bertz CT molecular complexity index is 1840. The van der Waals surface area contributed by atoms with Crippen LogP contribution in [-0.4, -0.2) is 27.5 Å². The molecule has 4 heterocycles. The minimum atomic E-state index is -0.488. The molecule has 0 radical (unpaired) electrons. The number of H-pyrrole nitrogens is 1. The van der Waals surface area contributed by atoms with Crippen molar-refractivity contribution < 1.29 is 9.59 Å². The fraction of sp³-hybridized carbons (Fsp3) is 0.0370. The molecule has 0 saturated heterocycles. The maximum atomic E-state index is 12.7. The summed E-state index contributed by atoms with van der Waals surface area (Å²) in [5, 5.41) is 16.3. The number of carbonyl (C=O) groups excluding carboxylic acids is 2. The number of hydrogen-bond acceptors (Lipinski definition) is 9. The van der Waals surface area contributed by atoms with Crippen LogP contribution in [0.3, 0.4) is 0 Å². The van der Waals surface area contributed by atoms with E-state index in [1.54, 1.807) is 48.5 Å². The first-order valence-corrected chi connectivity index (χ1v) is 13.0. The molecular formula is C27H16N6O3S2. The topological polar surface area (TPSA) is 131 Å². The molecule has 0 atom stereocenters. The number of carbonyl (C=O) groups is 2. The lowest BCUT2D eigenvalue weighted by Gasteiger charge is -2.14. The van der Waals surface area contributed by atoms with Crippen molar-refractivity contribution in [2.24, 2.45) is 5.10 Å². The zero-order valence-corrected chi connectivity index (χ0v) is 21.3. The molecule has 38 heavy (non-hydrogen) atoms. The summed E-state index contributed by atoms with van der Waals surface area (Å²) in [6.07, 6.45) is 0. The summed E-state index contributed by atoms with van der Waals surface area (Å²) in [5.74, 6) is -0.693. The van der Waals surface area contributed by atoms with Gasteiger partial charge in [-0.15, -0.1) is 11.3 Å². The number of pyridine rings is 1. The highest BCUT2D eigenvalue weighted by molar-refractivity contribution is 7.23. The summed E-state index contributed by atoms with van der Waals surface area (Å²) in [5.41, 5.74) is 6.12. The lowest BCUT2D eigenvalue weighted by molar-refractivity contribution is 0.0926. The van der Waals surface area contributed by atoms with E-state index in [4.69, 9.17) is 0 Å². The third kappa shape index (κ3) is 3.80. The first kappa shape index (κ1) is 23.5. The molecule has 0 saturated carbocycles. The van der Waals surface area contributed by atoms with E-state index < -0.39 is 5.56 Å². The van der Waals surface area contributed by atoms with Crippen LogP contribution >= 0.6 is 22.7 Å². The van der Waals surface area contributed by atoms with Crippen LogP contribution in [0.4, 0.5) is 10.8 Å². The predicted octanol–water partition coefficient (Wildman–Crippen LogP) is 5.22. The van der Waals surface area contributed by atoms with Crippen LogP contribution in [-0.2, 0) is 0 Å². The van der Waals surface area contributed by atoms with Gasteiger partial charge in [0, 0.05) is 10.4 Å². The summed E-state index contributed by atoms with van der Waals surface area (Å²) in [6.45, 7) is 1.81. The monoisotopic (exact) mass is 536 g/mol. The van der Waals surface area contributed by atoms with Gasteiger partial charge < -0.3 is 4.98 Å². The summed E-state index contributed by atoms with van der Waals surface area (Å²) in [4.78, 5) is 47.1. The zero-order valence-electron chi connectivity index (χ0n) is 19.7. The maximum Gasteiger partial charge on any atom is 0.268 e. The van der Waals surface area contributed by atoms with Crippen LogP contribution in [0.5, 0.6) is 0 Å². The average Bonchev–Trinajstić information content (AvgIpc) is 3.66. The van der Waals surface area contributed by atoms with E-state index >= 15 is 0 Å². The van der Waals surface area contributed by atoms with Crippen molar-refractivity contribution in [2.45, 2.75) is 6.92 Å². The number of nitrogens with one attached hydrogen (secondary N) is 2. The highest BCUT2D eigenvalue weighted by atomic mass is 32.1. The second-order valence-electron chi connectivity index (χ2n) is 8.34. The molecule has 6 rings (SSSR count). The molecule has 1 aliphatic heterocycles. The number of aromatic nitrogens is 2. The highest BCUT2D eigenvalue weighted by Crippen LogP contribution is 2.37. The molecular weight excluding hydrogens is 520 g/mol. The molecule has 2 aromatic carbocycles. The second kappa shape index (κ2) is 9.19. The van der Waals surface area contributed by atoms with Gasteiger partial charge in [0.15, 0.2) is 5.65 Å². The van der Waals surface area contributed by atoms with Crippen molar-refractivity contribution in [3.63, 3.8) is 0 Å². The normalized spacial score (nSPS) is 13.2. The number of fused-ring (bicyclic) bond motifs is 2. The van der Waals surface area contributed by atoms with Gasteiger partial charge in [-0.1, -0.05) is 41.7 Å². The van der Waals surface area contributed by atoms with Crippen LogP contribution in [0.25, 0.3) is 20.8 Å². The average molecular weight is 537 g/mol. The number of amides is 2. The summed E-state index contributed by atoms with van der Waals surface area (Å²) in [6, 6.07) is 19.5. The molecule has 2 N–H and O–H groups in total. The second-order valence-corrected chi connectivity index (χ2v) is 10.3. The van der Waals surface area contributed by atoms with Crippen molar-refractivity contribution in [2.75, 3.05) is 10.3 Å². The summed E-state index contributed by atoms with van der Waals surface area (Å²) < 4.78 is 0.684. The summed E-state index contributed by atoms with van der Waals surface area (Å²) in [7, 11) is 0.